The summed E-state index contributed by atoms with van der Waals surface area (Å²) in [6.07, 6.45) is 2.17. The standard InChI is InChI=1S/C20H31ClN6/c1-6-7-17(19-22-23-24-27(19)20(3,4)5)25-10-12-26(13-11-25)18-14-16(21)9-8-15(18)2/h8-9,14,17H,6-7,10-13H2,1-5H3/t17-/m0/s1. The van der Waals surface area contributed by atoms with E-state index in [4.69, 9.17) is 11.6 Å². The van der Waals surface area contributed by atoms with Crippen LogP contribution in [0.3, 0.4) is 0 Å². The highest BCUT2D eigenvalue weighted by molar-refractivity contribution is 6.30. The molecule has 0 radical (unpaired) electrons. The van der Waals surface area contributed by atoms with E-state index in [-0.39, 0.29) is 11.6 Å². The van der Waals surface area contributed by atoms with Gasteiger partial charge in [0, 0.05) is 36.9 Å². The number of benzene rings is 1. The van der Waals surface area contributed by atoms with E-state index in [1.807, 2.05) is 10.7 Å². The predicted octanol–water partition coefficient (Wildman–Crippen LogP) is 4.05. The van der Waals surface area contributed by atoms with Crippen molar-refractivity contribution in [2.75, 3.05) is 31.1 Å². The van der Waals surface area contributed by atoms with Crippen LogP contribution in [0.5, 0.6) is 0 Å². The van der Waals surface area contributed by atoms with Crippen molar-refractivity contribution in [2.45, 2.75) is 59.0 Å². The number of piperazine rings is 1. The fourth-order valence-corrected chi connectivity index (χ4v) is 3.99. The fraction of sp³-hybridized carbons (Fsp3) is 0.650. The van der Waals surface area contributed by atoms with Crippen molar-refractivity contribution in [3.05, 3.63) is 34.6 Å². The number of tetrazole rings is 1. The molecular weight excluding hydrogens is 360 g/mol. The van der Waals surface area contributed by atoms with Gasteiger partial charge >= 0.3 is 0 Å². The summed E-state index contributed by atoms with van der Waals surface area (Å²) in [5, 5.41) is 13.5. The zero-order valence-corrected chi connectivity index (χ0v) is 17.9. The Labute approximate surface area is 167 Å². The SMILES string of the molecule is CCC[C@@H](c1nnnn1C(C)(C)C)N1CCN(c2cc(Cl)ccc2C)CC1. The molecule has 0 saturated carbocycles. The highest BCUT2D eigenvalue weighted by atomic mass is 35.5. The molecule has 0 aliphatic carbocycles. The first-order valence-corrected chi connectivity index (χ1v) is 10.2. The largest absolute Gasteiger partial charge is 0.369 e. The normalized spacial score (nSPS) is 17.3. The van der Waals surface area contributed by atoms with Gasteiger partial charge in [0.1, 0.15) is 0 Å². The maximum Gasteiger partial charge on any atom is 0.168 e. The summed E-state index contributed by atoms with van der Waals surface area (Å²) in [5.74, 6) is 0.983. The van der Waals surface area contributed by atoms with Crippen LogP contribution >= 0.6 is 11.6 Å². The second-order valence-electron chi connectivity index (χ2n) is 8.38. The Morgan fingerprint density at radius 2 is 1.85 bits per heavy atom. The topological polar surface area (TPSA) is 50.1 Å². The third-order valence-corrected chi connectivity index (χ3v) is 5.49. The zero-order valence-electron chi connectivity index (χ0n) is 17.1. The Balaban J connectivity index is 1.76. The number of aryl methyl sites for hydroxylation is 1. The molecule has 6 nitrogen and oxygen atoms in total. The molecule has 0 amide bonds. The van der Waals surface area contributed by atoms with Crippen molar-refractivity contribution in [3.8, 4) is 0 Å². The minimum atomic E-state index is -0.120. The highest BCUT2D eigenvalue weighted by Gasteiger charge is 2.31. The van der Waals surface area contributed by atoms with Crippen LogP contribution in [0.25, 0.3) is 0 Å². The number of aromatic nitrogens is 4. The summed E-state index contributed by atoms with van der Waals surface area (Å²) in [6.45, 7) is 14.8. The quantitative estimate of drug-likeness (QED) is 0.770. The van der Waals surface area contributed by atoms with E-state index in [1.54, 1.807) is 0 Å². The summed E-state index contributed by atoms with van der Waals surface area (Å²) < 4.78 is 1.99. The van der Waals surface area contributed by atoms with Gasteiger partial charge < -0.3 is 4.90 Å². The lowest BCUT2D eigenvalue weighted by Gasteiger charge is -2.40. The third kappa shape index (κ3) is 4.43. The van der Waals surface area contributed by atoms with Crippen LogP contribution in [0.1, 0.15) is 58.0 Å². The zero-order chi connectivity index (χ0) is 19.6. The van der Waals surface area contributed by atoms with Gasteiger partial charge in [-0.2, -0.15) is 0 Å². The van der Waals surface area contributed by atoms with Crippen molar-refractivity contribution < 1.29 is 0 Å². The van der Waals surface area contributed by atoms with Crippen LogP contribution in [0.2, 0.25) is 5.02 Å². The minimum Gasteiger partial charge on any atom is -0.369 e. The molecule has 7 heteroatoms. The van der Waals surface area contributed by atoms with Crippen LogP contribution < -0.4 is 4.90 Å². The first-order valence-electron chi connectivity index (χ1n) is 9.85. The van der Waals surface area contributed by atoms with E-state index >= 15 is 0 Å². The predicted molar refractivity (Wildman–Crippen MR) is 110 cm³/mol. The first kappa shape index (κ1) is 20.1. The van der Waals surface area contributed by atoms with Gasteiger partial charge in [-0.05, 0) is 62.2 Å². The lowest BCUT2D eigenvalue weighted by molar-refractivity contribution is 0.156. The minimum absolute atomic E-state index is 0.120. The number of anilines is 1. The van der Waals surface area contributed by atoms with Crippen molar-refractivity contribution in [1.29, 1.82) is 0 Å². The number of rotatable bonds is 5. The Hall–Kier alpha value is -1.66. The van der Waals surface area contributed by atoms with E-state index in [1.165, 1.54) is 11.3 Å². The molecule has 1 aromatic heterocycles. The van der Waals surface area contributed by atoms with Crippen LogP contribution in [0.4, 0.5) is 5.69 Å². The number of nitrogens with zero attached hydrogens (tertiary/aromatic N) is 6. The van der Waals surface area contributed by atoms with Gasteiger partial charge in [-0.25, -0.2) is 4.68 Å². The number of hydrogen-bond acceptors (Lipinski definition) is 5. The maximum absolute atomic E-state index is 6.22. The van der Waals surface area contributed by atoms with Crippen LogP contribution in [-0.2, 0) is 5.54 Å². The molecule has 0 spiro atoms. The number of halogens is 1. The molecule has 2 heterocycles. The van der Waals surface area contributed by atoms with Crippen LogP contribution in [0, 0.1) is 6.92 Å². The van der Waals surface area contributed by atoms with Crippen molar-refractivity contribution >= 4 is 17.3 Å². The van der Waals surface area contributed by atoms with Gasteiger partial charge in [-0.1, -0.05) is 31.0 Å². The summed E-state index contributed by atoms with van der Waals surface area (Å²) >= 11 is 6.22. The van der Waals surface area contributed by atoms with E-state index in [0.29, 0.717) is 0 Å². The van der Waals surface area contributed by atoms with Crippen LogP contribution in [-0.4, -0.2) is 51.3 Å². The van der Waals surface area contributed by atoms with Gasteiger partial charge in [0.05, 0.1) is 11.6 Å². The fourth-order valence-electron chi connectivity index (χ4n) is 3.83. The van der Waals surface area contributed by atoms with E-state index in [0.717, 1.165) is 49.9 Å². The van der Waals surface area contributed by atoms with E-state index in [9.17, 15) is 0 Å². The molecule has 1 atom stereocenters. The smallest absolute Gasteiger partial charge is 0.168 e. The summed E-state index contributed by atoms with van der Waals surface area (Å²) in [5.41, 5.74) is 2.40. The van der Waals surface area contributed by atoms with Gasteiger partial charge in [0.2, 0.25) is 0 Å². The third-order valence-electron chi connectivity index (χ3n) is 5.26. The molecule has 1 aliphatic heterocycles. The Kier molecular flexibility index (Phi) is 6.06. The number of hydrogen-bond donors (Lipinski definition) is 0. The van der Waals surface area contributed by atoms with Crippen molar-refractivity contribution in [1.82, 2.24) is 25.1 Å². The summed E-state index contributed by atoms with van der Waals surface area (Å²) in [4.78, 5) is 4.97. The molecule has 148 valence electrons. The molecule has 2 aromatic rings. The van der Waals surface area contributed by atoms with Crippen LogP contribution in [0.15, 0.2) is 18.2 Å². The average molecular weight is 391 g/mol. The molecule has 27 heavy (non-hydrogen) atoms. The summed E-state index contributed by atoms with van der Waals surface area (Å²) in [7, 11) is 0. The molecule has 3 rings (SSSR count). The van der Waals surface area contributed by atoms with Crippen molar-refractivity contribution in [3.63, 3.8) is 0 Å². The Morgan fingerprint density at radius 1 is 1.15 bits per heavy atom. The molecular formula is C20H31ClN6. The Bertz CT molecular complexity index is 758. The second kappa shape index (κ2) is 8.15. The molecule has 1 saturated heterocycles. The molecule has 0 unspecified atom stereocenters. The molecule has 1 fully saturated rings. The second-order valence-corrected chi connectivity index (χ2v) is 8.81. The van der Waals surface area contributed by atoms with E-state index < -0.39 is 0 Å². The Morgan fingerprint density at radius 3 is 2.48 bits per heavy atom. The highest BCUT2D eigenvalue weighted by Crippen LogP contribution is 2.30. The lowest BCUT2D eigenvalue weighted by Crippen LogP contribution is -2.48. The molecule has 1 aliphatic rings. The summed E-state index contributed by atoms with van der Waals surface area (Å²) in [6, 6.07) is 6.39. The van der Waals surface area contributed by atoms with Gasteiger partial charge in [0.15, 0.2) is 5.82 Å². The van der Waals surface area contributed by atoms with E-state index in [2.05, 4.69) is 72.1 Å². The van der Waals surface area contributed by atoms with Gasteiger partial charge in [-0.3, -0.25) is 4.90 Å². The average Bonchev–Trinajstić information content (AvgIpc) is 3.12. The van der Waals surface area contributed by atoms with Gasteiger partial charge in [-0.15, -0.1) is 5.10 Å². The maximum atomic E-state index is 6.22. The molecule has 0 bridgehead atoms. The molecule has 0 N–H and O–H groups in total. The monoisotopic (exact) mass is 390 g/mol. The first-order chi connectivity index (χ1) is 12.8. The van der Waals surface area contributed by atoms with Crippen molar-refractivity contribution in [2.24, 2.45) is 0 Å². The van der Waals surface area contributed by atoms with Gasteiger partial charge in [0.25, 0.3) is 0 Å². The molecule has 1 aromatic carbocycles. The lowest BCUT2D eigenvalue weighted by atomic mass is 10.0.